The third-order valence-electron chi connectivity index (χ3n) is 2.87. The largest absolute Gasteiger partial charge is 0.366 e. The number of nitrogens with one attached hydrogen (secondary N) is 2. The molecule has 20 heavy (non-hydrogen) atoms. The quantitative estimate of drug-likeness (QED) is 0.392. The predicted octanol–water partition coefficient (Wildman–Crippen LogP) is 1.27. The Kier molecular flexibility index (Phi) is 5.66. The highest BCUT2D eigenvalue weighted by atomic mass is 16.6. The number of hydrogen-bond donors (Lipinski definition) is 3. The van der Waals surface area contributed by atoms with Gasteiger partial charge in [-0.1, -0.05) is 13.8 Å². The first-order valence-corrected chi connectivity index (χ1v) is 6.37. The highest BCUT2D eigenvalue weighted by molar-refractivity contribution is 5.54. The van der Waals surface area contributed by atoms with Gasteiger partial charge in [-0.25, -0.2) is 10.8 Å². The van der Waals surface area contributed by atoms with E-state index in [0.717, 1.165) is 6.54 Å². The molecule has 112 valence electrons. The van der Waals surface area contributed by atoms with E-state index in [9.17, 15) is 10.1 Å². The molecule has 4 N–H and O–H groups in total. The Morgan fingerprint density at radius 2 is 2.00 bits per heavy atom. The molecule has 0 saturated carbocycles. The van der Waals surface area contributed by atoms with Crippen LogP contribution in [0.2, 0.25) is 0 Å². The fourth-order valence-corrected chi connectivity index (χ4v) is 1.78. The fraction of sp³-hybridized carbons (Fsp3) is 0.583. The highest BCUT2D eigenvalue weighted by Gasteiger charge is 2.17. The van der Waals surface area contributed by atoms with Crippen LogP contribution in [-0.4, -0.2) is 41.5 Å². The molecule has 0 fully saturated rings. The molecule has 0 aromatic carbocycles. The summed E-state index contributed by atoms with van der Waals surface area (Å²) < 4.78 is 0. The second-order valence-corrected chi connectivity index (χ2v) is 5.25. The molecule has 8 heteroatoms. The van der Waals surface area contributed by atoms with E-state index in [2.05, 4.69) is 34.5 Å². The summed E-state index contributed by atoms with van der Waals surface area (Å²) in [5.41, 5.74) is 2.29. The number of rotatable bonds is 7. The predicted molar refractivity (Wildman–Crippen MR) is 79.5 cm³/mol. The number of hydrogen-bond acceptors (Lipinski definition) is 7. The minimum absolute atomic E-state index is 0.0530. The van der Waals surface area contributed by atoms with Crippen molar-refractivity contribution < 1.29 is 4.92 Å². The average Bonchev–Trinajstić information content (AvgIpc) is 2.36. The zero-order valence-corrected chi connectivity index (χ0v) is 12.3. The zero-order chi connectivity index (χ0) is 15.3. The lowest BCUT2D eigenvalue weighted by molar-refractivity contribution is -0.384. The van der Waals surface area contributed by atoms with Gasteiger partial charge in [0.25, 0.3) is 5.69 Å². The van der Waals surface area contributed by atoms with Gasteiger partial charge >= 0.3 is 0 Å². The molecule has 0 aliphatic rings. The maximum atomic E-state index is 10.9. The van der Waals surface area contributed by atoms with Crippen LogP contribution in [0.3, 0.4) is 0 Å². The molecular weight excluding hydrogens is 260 g/mol. The van der Waals surface area contributed by atoms with Crippen LogP contribution >= 0.6 is 0 Å². The number of nitro groups is 1. The van der Waals surface area contributed by atoms with Crippen LogP contribution in [0.1, 0.15) is 13.8 Å². The van der Waals surface area contributed by atoms with Gasteiger partial charge in [0, 0.05) is 12.6 Å². The molecule has 0 aliphatic heterocycles. The zero-order valence-electron chi connectivity index (χ0n) is 12.3. The molecule has 0 amide bonds. The topological polar surface area (TPSA) is 109 Å². The molecule has 1 heterocycles. The Labute approximate surface area is 118 Å². The van der Waals surface area contributed by atoms with Gasteiger partial charge in [0.15, 0.2) is 0 Å². The summed E-state index contributed by atoms with van der Waals surface area (Å²) in [5.74, 6) is 6.34. The average molecular weight is 282 g/mol. The Morgan fingerprint density at radius 1 is 1.40 bits per heavy atom. The van der Waals surface area contributed by atoms with Crippen molar-refractivity contribution in [3.8, 4) is 0 Å². The number of hydrazine groups is 1. The molecular formula is C12H22N6O2. The number of pyridine rings is 1. The van der Waals surface area contributed by atoms with E-state index in [1.54, 1.807) is 0 Å². The molecule has 1 unspecified atom stereocenters. The molecule has 0 spiro atoms. The van der Waals surface area contributed by atoms with Crippen LogP contribution in [-0.2, 0) is 0 Å². The van der Waals surface area contributed by atoms with Crippen molar-refractivity contribution in [2.45, 2.75) is 19.9 Å². The Morgan fingerprint density at radius 3 is 2.45 bits per heavy atom. The molecule has 0 saturated heterocycles. The van der Waals surface area contributed by atoms with Crippen molar-refractivity contribution in [3.05, 3.63) is 22.2 Å². The van der Waals surface area contributed by atoms with Crippen molar-refractivity contribution in [1.82, 2.24) is 9.88 Å². The molecule has 1 rings (SSSR count). The van der Waals surface area contributed by atoms with E-state index < -0.39 is 4.92 Å². The maximum absolute atomic E-state index is 10.9. The Balaban J connectivity index is 2.99. The highest BCUT2D eigenvalue weighted by Crippen LogP contribution is 2.21. The van der Waals surface area contributed by atoms with Gasteiger partial charge in [-0.3, -0.25) is 10.1 Å². The van der Waals surface area contributed by atoms with Crippen molar-refractivity contribution >= 4 is 17.3 Å². The van der Waals surface area contributed by atoms with E-state index >= 15 is 0 Å². The van der Waals surface area contributed by atoms with Crippen LogP contribution in [0.15, 0.2) is 12.1 Å². The van der Waals surface area contributed by atoms with Gasteiger partial charge < -0.3 is 15.6 Å². The molecule has 0 radical (unpaired) electrons. The number of nitrogens with zero attached hydrogens (tertiary/aromatic N) is 3. The van der Waals surface area contributed by atoms with Crippen LogP contribution in [0.25, 0.3) is 0 Å². The summed E-state index contributed by atoms with van der Waals surface area (Å²) in [7, 11) is 3.95. The molecule has 0 bridgehead atoms. The number of nitrogen functional groups attached to an aromatic ring is 1. The van der Waals surface area contributed by atoms with Gasteiger partial charge in [-0.05, 0) is 20.0 Å². The number of anilines is 2. The summed E-state index contributed by atoms with van der Waals surface area (Å²) in [6, 6.07) is 2.83. The third kappa shape index (κ3) is 4.63. The number of likely N-dealkylation sites (N-methyl/N-ethyl adjacent to an activating group) is 1. The minimum Gasteiger partial charge on any atom is -0.366 e. The van der Waals surface area contributed by atoms with Gasteiger partial charge in [-0.2, -0.15) is 0 Å². The first-order chi connectivity index (χ1) is 9.33. The smallest absolute Gasteiger partial charge is 0.276 e. The van der Waals surface area contributed by atoms with Gasteiger partial charge in [0.05, 0.1) is 17.1 Å². The maximum Gasteiger partial charge on any atom is 0.276 e. The second-order valence-electron chi connectivity index (χ2n) is 5.25. The summed E-state index contributed by atoms with van der Waals surface area (Å²) in [4.78, 5) is 16.7. The Hall–Kier alpha value is -1.93. The van der Waals surface area contributed by atoms with E-state index in [4.69, 9.17) is 5.84 Å². The second kappa shape index (κ2) is 7.01. The molecule has 1 aromatic heterocycles. The fourth-order valence-electron chi connectivity index (χ4n) is 1.78. The Bertz CT molecular complexity index is 463. The third-order valence-corrected chi connectivity index (χ3v) is 2.87. The van der Waals surface area contributed by atoms with Crippen LogP contribution in [0.4, 0.5) is 17.3 Å². The molecule has 8 nitrogen and oxygen atoms in total. The van der Waals surface area contributed by atoms with E-state index in [0.29, 0.717) is 11.7 Å². The molecule has 1 atom stereocenters. The lowest BCUT2D eigenvalue weighted by Gasteiger charge is -2.26. The van der Waals surface area contributed by atoms with Crippen LogP contribution in [0, 0.1) is 16.0 Å². The summed E-state index contributed by atoms with van der Waals surface area (Å²) >= 11 is 0. The van der Waals surface area contributed by atoms with E-state index in [1.165, 1.54) is 12.1 Å². The monoisotopic (exact) mass is 282 g/mol. The van der Waals surface area contributed by atoms with Crippen molar-refractivity contribution in [2.24, 2.45) is 11.8 Å². The lowest BCUT2D eigenvalue weighted by atomic mass is 10.0. The number of nitrogens with two attached hydrogens (primary N) is 1. The van der Waals surface area contributed by atoms with Gasteiger partial charge in [-0.15, -0.1) is 0 Å². The minimum atomic E-state index is -0.468. The SMILES string of the molecule is CC(C)C(CN(C)C)Nc1cc([N+](=O)[O-])cc(NN)n1. The first-order valence-electron chi connectivity index (χ1n) is 6.37. The van der Waals surface area contributed by atoms with Gasteiger partial charge in [0.1, 0.15) is 11.6 Å². The summed E-state index contributed by atoms with van der Waals surface area (Å²) in [6.45, 7) is 4.97. The standard InChI is InChI=1S/C12H22N6O2/c1-8(2)10(7-17(3)4)14-11-5-9(18(19)20)6-12(15-11)16-13/h5-6,8,10H,7,13H2,1-4H3,(H2,14,15,16). The molecule has 0 aliphatic carbocycles. The summed E-state index contributed by atoms with van der Waals surface area (Å²) in [6.07, 6.45) is 0. The normalized spacial score (nSPS) is 12.6. The van der Waals surface area contributed by atoms with Crippen molar-refractivity contribution in [1.29, 1.82) is 0 Å². The lowest BCUT2D eigenvalue weighted by Crippen LogP contribution is -2.36. The van der Waals surface area contributed by atoms with Gasteiger partial charge in [0.2, 0.25) is 0 Å². The van der Waals surface area contributed by atoms with Crippen molar-refractivity contribution in [2.75, 3.05) is 31.4 Å². The van der Waals surface area contributed by atoms with E-state index in [-0.39, 0.29) is 17.5 Å². The first kappa shape index (κ1) is 16.1. The molecule has 1 aromatic rings. The number of aromatic nitrogens is 1. The van der Waals surface area contributed by atoms with Crippen LogP contribution < -0.4 is 16.6 Å². The van der Waals surface area contributed by atoms with Crippen molar-refractivity contribution in [3.63, 3.8) is 0 Å². The van der Waals surface area contributed by atoms with E-state index in [1.807, 2.05) is 14.1 Å². The summed E-state index contributed by atoms with van der Waals surface area (Å²) in [5, 5.41) is 14.1. The van der Waals surface area contributed by atoms with Crippen LogP contribution in [0.5, 0.6) is 0 Å².